The Labute approximate surface area is 145 Å². The van der Waals surface area contributed by atoms with E-state index in [4.69, 9.17) is 0 Å². The van der Waals surface area contributed by atoms with Crippen molar-refractivity contribution >= 4 is 17.9 Å². The smallest absolute Gasteiger partial charge is 0.337 e. The van der Waals surface area contributed by atoms with Crippen LogP contribution >= 0.6 is 0 Å². The molecule has 120 valence electrons. The molecule has 1 N–H and O–H groups in total. The Kier molecular flexibility index (Phi) is 3.68. The normalized spacial score (nSPS) is 11.7. The monoisotopic (exact) mass is 326 g/mol. The van der Waals surface area contributed by atoms with Crippen LogP contribution < -0.4 is 0 Å². The number of carboxylic acid groups (broad SMARTS) is 1. The molecule has 1 aliphatic heterocycles. The molecule has 0 unspecified atom stereocenters. The zero-order valence-corrected chi connectivity index (χ0v) is 13.3. The summed E-state index contributed by atoms with van der Waals surface area (Å²) in [5.41, 5.74) is 4.48. The van der Waals surface area contributed by atoms with E-state index in [1.165, 1.54) is 5.56 Å². The van der Waals surface area contributed by atoms with E-state index < -0.39 is 5.97 Å². The molecular formula is C21H14N2O2. The van der Waals surface area contributed by atoms with Crippen LogP contribution in [0.1, 0.15) is 27.0 Å². The zero-order chi connectivity index (χ0) is 17.2. The molecule has 0 amide bonds. The molecule has 0 bridgehead atoms. The van der Waals surface area contributed by atoms with E-state index in [0.717, 1.165) is 17.7 Å². The Hall–Kier alpha value is -3.58. The number of aromatic nitrogens is 1. The lowest BCUT2D eigenvalue weighted by Gasteiger charge is -2.10. The van der Waals surface area contributed by atoms with Crippen molar-refractivity contribution in [1.82, 2.24) is 4.57 Å². The van der Waals surface area contributed by atoms with Crippen LogP contribution in [-0.2, 0) is 6.42 Å². The molecule has 3 aromatic rings. The summed E-state index contributed by atoms with van der Waals surface area (Å²) in [6.45, 7) is 0. The van der Waals surface area contributed by atoms with Gasteiger partial charge in [0.05, 0.1) is 16.9 Å². The summed E-state index contributed by atoms with van der Waals surface area (Å²) >= 11 is 0. The number of benzene rings is 2. The number of hydrogen-bond donors (Lipinski definition) is 1. The van der Waals surface area contributed by atoms with Crippen molar-refractivity contribution in [2.75, 3.05) is 0 Å². The molecule has 4 nitrogen and oxygen atoms in total. The first-order valence-corrected chi connectivity index (χ1v) is 7.89. The maximum Gasteiger partial charge on any atom is 0.337 e. The first-order valence-electron chi connectivity index (χ1n) is 7.89. The second kappa shape index (κ2) is 6.14. The second-order valence-corrected chi connectivity index (χ2v) is 5.71. The molecule has 2 heterocycles. The number of para-hydroxylation sites is 1. The molecule has 4 heteroatoms. The predicted octanol–water partition coefficient (Wildman–Crippen LogP) is 3.83. The molecule has 0 fully saturated rings. The summed E-state index contributed by atoms with van der Waals surface area (Å²) in [7, 11) is 0. The lowest BCUT2D eigenvalue weighted by atomic mass is 10.1. The maximum absolute atomic E-state index is 11.6. The molecule has 0 aliphatic carbocycles. The number of carboxylic acids is 1. The van der Waals surface area contributed by atoms with Crippen molar-refractivity contribution in [3.05, 3.63) is 83.2 Å². The molecule has 25 heavy (non-hydrogen) atoms. The molecule has 4 rings (SSSR count). The van der Waals surface area contributed by atoms with Crippen molar-refractivity contribution < 1.29 is 9.90 Å². The minimum absolute atomic E-state index is 0.224. The largest absolute Gasteiger partial charge is 0.478 e. The van der Waals surface area contributed by atoms with E-state index in [9.17, 15) is 9.90 Å². The second-order valence-electron chi connectivity index (χ2n) is 5.71. The lowest BCUT2D eigenvalue weighted by molar-refractivity contribution is 0.0697. The van der Waals surface area contributed by atoms with Gasteiger partial charge in [-0.2, -0.15) is 0 Å². The third-order valence-corrected chi connectivity index (χ3v) is 4.10. The number of carbonyl (C=O) groups is 1. The summed E-state index contributed by atoms with van der Waals surface area (Å²) in [6.07, 6.45) is 6.39. The van der Waals surface area contributed by atoms with Crippen molar-refractivity contribution in [2.24, 2.45) is 4.99 Å². The molecule has 2 aromatic carbocycles. The van der Waals surface area contributed by atoms with Gasteiger partial charge in [0.2, 0.25) is 0 Å². The van der Waals surface area contributed by atoms with Crippen LogP contribution in [0.25, 0.3) is 5.69 Å². The van der Waals surface area contributed by atoms with E-state index in [0.29, 0.717) is 11.3 Å². The molecule has 0 saturated heterocycles. The van der Waals surface area contributed by atoms with Crippen LogP contribution in [0, 0.1) is 11.8 Å². The van der Waals surface area contributed by atoms with Crippen LogP contribution in [0.5, 0.6) is 0 Å². The van der Waals surface area contributed by atoms with Crippen molar-refractivity contribution in [3.63, 3.8) is 0 Å². The topological polar surface area (TPSA) is 54.6 Å². The molecular weight excluding hydrogens is 312 g/mol. The van der Waals surface area contributed by atoms with Gasteiger partial charge in [-0.25, -0.2) is 4.79 Å². The average Bonchev–Trinajstić information content (AvgIpc) is 3.30. The number of rotatable bonds is 2. The van der Waals surface area contributed by atoms with Gasteiger partial charge in [-0.15, -0.1) is 0 Å². The van der Waals surface area contributed by atoms with Gasteiger partial charge >= 0.3 is 5.97 Å². The van der Waals surface area contributed by atoms with E-state index in [2.05, 4.69) is 16.8 Å². The number of aromatic carboxylic acids is 1. The van der Waals surface area contributed by atoms with E-state index in [1.807, 2.05) is 55.0 Å². The Morgan fingerprint density at radius 1 is 1.08 bits per heavy atom. The Morgan fingerprint density at radius 3 is 2.72 bits per heavy atom. The highest BCUT2D eigenvalue weighted by Gasteiger charge is 2.14. The summed E-state index contributed by atoms with van der Waals surface area (Å²) in [4.78, 5) is 15.9. The van der Waals surface area contributed by atoms with Gasteiger partial charge in [0.15, 0.2) is 0 Å². The molecule has 1 aromatic heterocycles. The van der Waals surface area contributed by atoms with Crippen LogP contribution in [-0.4, -0.2) is 21.9 Å². The van der Waals surface area contributed by atoms with Gasteiger partial charge < -0.3 is 9.67 Å². The van der Waals surface area contributed by atoms with Crippen LogP contribution in [0.3, 0.4) is 0 Å². The Balaban J connectivity index is 1.81. The highest BCUT2D eigenvalue weighted by Crippen LogP contribution is 2.25. The molecule has 0 spiro atoms. The number of fused-ring (bicyclic) bond motifs is 1. The molecule has 1 aliphatic rings. The highest BCUT2D eigenvalue weighted by atomic mass is 16.4. The first kappa shape index (κ1) is 15.0. The van der Waals surface area contributed by atoms with E-state index in [1.54, 1.807) is 16.7 Å². The van der Waals surface area contributed by atoms with E-state index in [-0.39, 0.29) is 5.56 Å². The Morgan fingerprint density at radius 2 is 1.92 bits per heavy atom. The van der Waals surface area contributed by atoms with Gasteiger partial charge in [-0.3, -0.25) is 4.99 Å². The quantitative estimate of drug-likeness (QED) is 0.728. The molecule has 0 radical (unpaired) electrons. The predicted molar refractivity (Wildman–Crippen MR) is 97.0 cm³/mol. The number of hydrogen-bond acceptors (Lipinski definition) is 2. The van der Waals surface area contributed by atoms with Crippen LogP contribution in [0.4, 0.5) is 5.69 Å². The van der Waals surface area contributed by atoms with Gasteiger partial charge in [-0.1, -0.05) is 24.0 Å². The Bertz CT molecular complexity index is 1050. The average molecular weight is 326 g/mol. The van der Waals surface area contributed by atoms with Crippen LogP contribution in [0.15, 0.2) is 65.9 Å². The zero-order valence-electron chi connectivity index (χ0n) is 13.3. The van der Waals surface area contributed by atoms with Crippen molar-refractivity contribution in [2.45, 2.75) is 6.42 Å². The summed E-state index contributed by atoms with van der Waals surface area (Å²) in [5, 5.41) is 9.50. The van der Waals surface area contributed by atoms with Crippen LogP contribution in [0.2, 0.25) is 0 Å². The molecule has 0 atom stereocenters. The number of nitrogens with zero attached hydrogens (tertiary/aromatic N) is 2. The minimum Gasteiger partial charge on any atom is -0.478 e. The molecule has 0 saturated carbocycles. The summed E-state index contributed by atoms with van der Waals surface area (Å²) in [5.74, 6) is 5.27. The van der Waals surface area contributed by atoms with Gasteiger partial charge in [0, 0.05) is 36.2 Å². The fraction of sp³-hybridized carbons (Fsp3) is 0.0476. The third kappa shape index (κ3) is 2.84. The van der Waals surface area contributed by atoms with Gasteiger partial charge in [0.25, 0.3) is 0 Å². The van der Waals surface area contributed by atoms with E-state index >= 15 is 0 Å². The SMILES string of the molecule is O=C(O)c1cccc(C#Cc2ccc3c(c2)N=CC3)c1-n1cccc1. The third-order valence-electron chi connectivity index (χ3n) is 4.10. The fourth-order valence-corrected chi connectivity index (χ4v) is 2.89. The number of aliphatic imine (C=N–C) groups is 1. The van der Waals surface area contributed by atoms with Crippen molar-refractivity contribution in [1.29, 1.82) is 0 Å². The van der Waals surface area contributed by atoms with Gasteiger partial charge in [0.1, 0.15) is 0 Å². The lowest BCUT2D eigenvalue weighted by Crippen LogP contribution is -2.06. The van der Waals surface area contributed by atoms with Crippen molar-refractivity contribution in [3.8, 4) is 17.5 Å². The fourth-order valence-electron chi connectivity index (χ4n) is 2.89. The maximum atomic E-state index is 11.6. The summed E-state index contributed by atoms with van der Waals surface area (Å²) in [6, 6.07) is 14.8. The standard InChI is InChI=1S/C21H14N2O2/c24-21(25)18-5-3-4-17(20(18)23-12-1-2-13-23)9-7-15-6-8-16-10-11-22-19(16)14-15/h1-6,8,11-14H,10H2,(H,24,25). The van der Waals surface area contributed by atoms with Gasteiger partial charge in [-0.05, 0) is 42.0 Å². The first-order chi connectivity index (χ1) is 12.2. The summed E-state index contributed by atoms with van der Waals surface area (Å²) < 4.78 is 1.78. The minimum atomic E-state index is -0.973. The highest BCUT2D eigenvalue weighted by molar-refractivity contribution is 5.93.